The molecule has 0 saturated carbocycles. The maximum absolute atomic E-state index is 13.3. The van der Waals surface area contributed by atoms with Gasteiger partial charge in [-0.3, -0.25) is 33.6 Å². The SMILES string of the molecule is C[C@H](NC(=O)[C@@H](NC(=O)[C@H](CCN)NC(=O)c1ccc(-c2ccc(Cl)cc2)cc1)[C@@H](C)O)C(=O)N[C@@H](CCCCN)C(=O)N[C@@H](C)C(=O)C1OC1C(N)=O. The highest BCUT2D eigenvalue weighted by Crippen LogP contribution is 2.24. The molecule has 1 saturated heterocycles. The number of hydrogen-bond acceptors (Lipinski definition) is 11. The summed E-state index contributed by atoms with van der Waals surface area (Å²) in [4.78, 5) is 89.8. The predicted octanol–water partition coefficient (Wildman–Crippen LogP) is -1.24. The molecule has 3 rings (SSSR count). The van der Waals surface area contributed by atoms with Gasteiger partial charge in [0, 0.05) is 10.6 Å². The van der Waals surface area contributed by atoms with Gasteiger partial charge in [0.2, 0.25) is 29.5 Å². The minimum absolute atomic E-state index is 0.00458. The Labute approximate surface area is 317 Å². The first kappa shape index (κ1) is 43.5. The topological polar surface area (TPSA) is 290 Å². The smallest absolute Gasteiger partial charge is 0.251 e. The van der Waals surface area contributed by atoms with Crippen molar-refractivity contribution < 1.29 is 43.4 Å². The van der Waals surface area contributed by atoms with E-state index in [9.17, 15) is 38.7 Å². The molecule has 17 nitrogen and oxygen atoms in total. The van der Waals surface area contributed by atoms with Crippen LogP contribution in [0.15, 0.2) is 48.5 Å². The van der Waals surface area contributed by atoms with Crippen molar-refractivity contribution in [3.8, 4) is 11.1 Å². The molecule has 1 fully saturated rings. The second-order valence-corrected chi connectivity index (χ2v) is 13.4. The monoisotopic (exact) mass is 772 g/mol. The number of epoxide rings is 1. The lowest BCUT2D eigenvalue weighted by atomic mass is 10.0. The second kappa shape index (κ2) is 20.5. The summed E-state index contributed by atoms with van der Waals surface area (Å²) in [7, 11) is 0. The van der Waals surface area contributed by atoms with Gasteiger partial charge in [0.15, 0.2) is 18.0 Å². The summed E-state index contributed by atoms with van der Waals surface area (Å²) in [6.45, 7) is 4.32. The van der Waals surface area contributed by atoms with E-state index < -0.39 is 89.7 Å². The molecule has 6 amide bonds. The first-order valence-corrected chi connectivity index (χ1v) is 17.9. The summed E-state index contributed by atoms with van der Waals surface area (Å²) < 4.78 is 4.98. The third-order valence-corrected chi connectivity index (χ3v) is 8.89. The van der Waals surface area contributed by atoms with E-state index in [4.69, 9.17) is 33.5 Å². The van der Waals surface area contributed by atoms with Crippen LogP contribution in [0, 0.1) is 0 Å². The number of aliphatic hydroxyl groups excluding tert-OH is 1. The van der Waals surface area contributed by atoms with Crippen molar-refractivity contribution >= 4 is 52.8 Å². The first-order chi connectivity index (χ1) is 25.6. The zero-order chi connectivity index (χ0) is 40.1. The molecule has 0 radical (unpaired) electrons. The standard InChI is InChI=1S/C36H49ClN8O9/c1-18(28(47)29-30(54-29)31(40)48)41-34(51)25(6-4-5-16-38)43-32(49)19(2)42-36(53)27(20(3)46)45-35(52)26(15-17-39)44-33(50)23-9-7-21(8-10-23)22-11-13-24(37)14-12-22/h7-14,18-20,25-27,29-30,46H,4-6,15-17,38-39H2,1-3H3,(H2,40,48)(H,41,51)(H,42,53)(H,43,49)(H,44,50)(H,45,52)/t18-,19-,20+,25-,26-,27-,29?,30?/m0/s1. The minimum Gasteiger partial charge on any atom is -0.391 e. The zero-order valence-electron chi connectivity index (χ0n) is 30.3. The number of carbonyl (C=O) groups excluding carboxylic acids is 7. The van der Waals surface area contributed by atoms with Crippen LogP contribution in [-0.4, -0.2) is 108 Å². The van der Waals surface area contributed by atoms with Gasteiger partial charge < -0.3 is 53.6 Å². The number of unbranched alkanes of at least 4 members (excludes halogenated alkanes) is 1. The third-order valence-electron chi connectivity index (χ3n) is 8.63. The maximum Gasteiger partial charge on any atom is 0.251 e. The van der Waals surface area contributed by atoms with Crippen LogP contribution in [0.2, 0.25) is 5.02 Å². The zero-order valence-corrected chi connectivity index (χ0v) is 31.1. The molecule has 2 aromatic carbocycles. The van der Waals surface area contributed by atoms with Crippen LogP contribution in [0.4, 0.5) is 0 Å². The highest BCUT2D eigenvalue weighted by atomic mass is 35.5. The molecule has 54 heavy (non-hydrogen) atoms. The van der Waals surface area contributed by atoms with Gasteiger partial charge in [-0.15, -0.1) is 0 Å². The number of halogens is 1. The van der Waals surface area contributed by atoms with Gasteiger partial charge in [0.1, 0.15) is 24.2 Å². The molecule has 2 unspecified atom stereocenters. The van der Waals surface area contributed by atoms with E-state index in [0.29, 0.717) is 24.4 Å². The Morgan fingerprint density at radius 1 is 0.685 bits per heavy atom. The third kappa shape index (κ3) is 12.6. The van der Waals surface area contributed by atoms with Crippen molar-refractivity contribution in [3.63, 3.8) is 0 Å². The summed E-state index contributed by atoms with van der Waals surface area (Å²) in [5, 5.41) is 23.5. The fourth-order valence-corrected chi connectivity index (χ4v) is 5.52. The summed E-state index contributed by atoms with van der Waals surface area (Å²) in [5.74, 6) is -5.15. The van der Waals surface area contributed by atoms with Crippen LogP contribution in [0.25, 0.3) is 11.1 Å². The second-order valence-electron chi connectivity index (χ2n) is 13.0. The molecular weight excluding hydrogens is 724 g/mol. The van der Waals surface area contributed by atoms with E-state index in [-0.39, 0.29) is 24.9 Å². The average molecular weight is 773 g/mol. The lowest BCUT2D eigenvalue weighted by Gasteiger charge is -2.26. The van der Waals surface area contributed by atoms with E-state index in [1.165, 1.54) is 20.8 Å². The number of carbonyl (C=O) groups is 7. The molecule has 1 aliphatic rings. The predicted molar refractivity (Wildman–Crippen MR) is 198 cm³/mol. The molecule has 1 heterocycles. The number of ether oxygens (including phenoxy) is 1. The van der Waals surface area contributed by atoms with Crippen LogP contribution < -0.4 is 43.8 Å². The van der Waals surface area contributed by atoms with Crippen LogP contribution in [0.3, 0.4) is 0 Å². The van der Waals surface area contributed by atoms with Gasteiger partial charge >= 0.3 is 0 Å². The van der Waals surface area contributed by atoms with Gasteiger partial charge in [-0.25, -0.2) is 0 Å². The first-order valence-electron chi connectivity index (χ1n) is 17.5. The molecule has 12 N–H and O–H groups in total. The molecule has 294 valence electrons. The van der Waals surface area contributed by atoms with Crippen LogP contribution >= 0.6 is 11.6 Å². The lowest BCUT2D eigenvalue weighted by Crippen LogP contribution is -2.60. The Kier molecular flexibility index (Phi) is 16.5. The number of hydrogen-bond donors (Lipinski definition) is 9. The number of ketones is 1. The van der Waals surface area contributed by atoms with Gasteiger partial charge in [0.05, 0.1) is 12.1 Å². The Morgan fingerprint density at radius 3 is 1.78 bits per heavy atom. The van der Waals surface area contributed by atoms with Gasteiger partial charge in [-0.2, -0.15) is 0 Å². The molecular formula is C36H49ClN8O9. The molecule has 0 bridgehead atoms. The summed E-state index contributed by atoms with van der Waals surface area (Å²) in [6.07, 6.45) is -2.43. The van der Waals surface area contributed by atoms with Crippen molar-refractivity contribution in [2.24, 2.45) is 17.2 Å². The highest BCUT2D eigenvalue weighted by Gasteiger charge is 2.50. The normalized spacial score (nSPS) is 18.1. The van der Waals surface area contributed by atoms with Gasteiger partial charge in [-0.1, -0.05) is 35.9 Å². The number of Topliss-reactive ketones (excluding diaryl/α,β-unsaturated/α-hetero) is 1. The van der Waals surface area contributed by atoms with E-state index in [0.717, 1.165) is 11.1 Å². The van der Waals surface area contributed by atoms with Crippen LogP contribution in [0.1, 0.15) is 56.8 Å². The van der Waals surface area contributed by atoms with E-state index in [1.54, 1.807) is 36.4 Å². The highest BCUT2D eigenvalue weighted by molar-refractivity contribution is 6.30. The van der Waals surface area contributed by atoms with Crippen LogP contribution in [-0.2, 0) is 33.5 Å². The minimum atomic E-state index is -1.55. The van der Waals surface area contributed by atoms with Crippen molar-refractivity contribution in [1.82, 2.24) is 26.6 Å². The number of amides is 6. The Bertz CT molecular complexity index is 1660. The van der Waals surface area contributed by atoms with E-state index in [2.05, 4.69) is 26.6 Å². The van der Waals surface area contributed by atoms with Crippen molar-refractivity contribution in [2.75, 3.05) is 13.1 Å². The van der Waals surface area contributed by atoms with Crippen LogP contribution in [0.5, 0.6) is 0 Å². The largest absolute Gasteiger partial charge is 0.391 e. The number of nitrogens with two attached hydrogens (primary N) is 3. The number of nitrogens with one attached hydrogen (secondary N) is 5. The number of aliphatic hydroxyl groups is 1. The fourth-order valence-electron chi connectivity index (χ4n) is 5.40. The number of rotatable bonds is 21. The van der Waals surface area contributed by atoms with Crippen molar-refractivity contribution in [3.05, 3.63) is 59.1 Å². The average Bonchev–Trinajstić information content (AvgIpc) is 3.94. The summed E-state index contributed by atoms with van der Waals surface area (Å²) in [5.41, 5.74) is 18.4. The van der Waals surface area contributed by atoms with Gasteiger partial charge in [-0.05, 0) is 94.9 Å². The number of primary amides is 1. The molecule has 8 atom stereocenters. The molecule has 0 aromatic heterocycles. The molecule has 0 aliphatic carbocycles. The summed E-state index contributed by atoms with van der Waals surface area (Å²) >= 11 is 5.97. The van der Waals surface area contributed by atoms with Crippen molar-refractivity contribution in [1.29, 1.82) is 0 Å². The van der Waals surface area contributed by atoms with Crippen molar-refractivity contribution in [2.45, 2.75) is 95.0 Å². The lowest BCUT2D eigenvalue weighted by molar-refractivity contribution is -0.135. The molecule has 2 aromatic rings. The Hall–Kier alpha value is -4.94. The van der Waals surface area contributed by atoms with E-state index >= 15 is 0 Å². The maximum atomic E-state index is 13.3. The summed E-state index contributed by atoms with van der Waals surface area (Å²) in [6, 6.07) is 7.64. The quantitative estimate of drug-likeness (QED) is 0.0535. The van der Waals surface area contributed by atoms with Gasteiger partial charge in [0.25, 0.3) is 5.91 Å². The Balaban J connectivity index is 1.61. The van der Waals surface area contributed by atoms with E-state index in [1.807, 2.05) is 12.1 Å². The molecule has 0 spiro atoms. The Morgan fingerprint density at radius 2 is 1.24 bits per heavy atom. The molecule has 18 heteroatoms. The molecule has 1 aliphatic heterocycles. The fraction of sp³-hybridized carbons (Fsp3) is 0.472. The number of benzene rings is 2.